The van der Waals surface area contributed by atoms with Crippen LogP contribution in [-0.2, 0) is 16.0 Å². The molecule has 0 aliphatic carbocycles. The summed E-state index contributed by atoms with van der Waals surface area (Å²) < 4.78 is 5.25. The third-order valence-corrected chi connectivity index (χ3v) is 7.05. The monoisotopic (exact) mass is 442 g/mol. The summed E-state index contributed by atoms with van der Waals surface area (Å²) in [6.07, 6.45) is 4.18. The molecular formula is C24H34N4O4. The third kappa shape index (κ3) is 4.46. The van der Waals surface area contributed by atoms with Crippen LogP contribution in [0, 0.1) is 0 Å². The fourth-order valence-electron chi connectivity index (χ4n) is 5.25. The number of benzene rings is 1. The predicted molar refractivity (Wildman–Crippen MR) is 120 cm³/mol. The van der Waals surface area contributed by atoms with Crippen molar-refractivity contribution < 1.29 is 19.1 Å². The molecule has 4 amide bonds. The zero-order chi connectivity index (χ0) is 22.7. The second kappa shape index (κ2) is 9.48. The molecule has 32 heavy (non-hydrogen) atoms. The van der Waals surface area contributed by atoms with Gasteiger partial charge in [-0.1, -0.05) is 19.1 Å². The van der Waals surface area contributed by atoms with Crippen molar-refractivity contribution in [2.45, 2.75) is 57.0 Å². The van der Waals surface area contributed by atoms with E-state index in [2.05, 4.69) is 17.1 Å². The molecule has 3 saturated heterocycles. The molecule has 0 saturated carbocycles. The van der Waals surface area contributed by atoms with Crippen molar-refractivity contribution in [3.63, 3.8) is 0 Å². The van der Waals surface area contributed by atoms with E-state index in [0.717, 1.165) is 50.2 Å². The Kier molecular flexibility index (Phi) is 6.69. The Morgan fingerprint density at radius 3 is 2.72 bits per heavy atom. The van der Waals surface area contributed by atoms with Crippen LogP contribution in [0.5, 0.6) is 5.75 Å². The highest BCUT2D eigenvalue weighted by atomic mass is 16.5. The Hall–Kier alpha value is -2.61. The Morgan fingerprint density at radius 2 is 2.00 bits per heavy atom. The molecule has 3 fully saturated rings. The maximum absolute atomic E-state index is 13.4. The average molecular weight is 443 g/mol. The van der Waals surface area contributed by atoms with Crippen molar-refractivity contribution in [1.82, 2.24) is 20.0 Å². The number of likely N-dealkylation sites (tertiary alicyclic amines) is 2. The highest BCUT2D eigenvalue weighted by molar-refractivity contribution is 6.07. The molecule has 1 unspecified atom stereocenters. The number of hydrogen-bond donors (Lipinski definition) is 1. The number of urea groups is 1. The smallest absolute Gasteiger partial charge is 0.325 e. The van der Waals surface area contributed by atoms with Gasteiger partial charge in [0.25, 0.3) is 5.91 Å². The van der Waals surface area contributed by atoms with Gasteiger partial charge in [0.1, 0.15) is 11.3 Å². The molecule has 174 valence electrons. The molecule has 1 spiro atoms. The molecule has 8 heteroatoms. The number of rotatable bonds is 6. The Balaban J connectivity index is 1.40. The molecule has 0 bridgehead atoms. The highest BCUT2D eigenvalue weighted by Crippen LogP contribution is 2.32. The zero-order valence-corrected chi connectivity index (χ0v) is 19.1. The van der Waals surface area contributed by atoms with Crippen LogP contribution in [0.1, 0.15) is 44.6 Å². The average Bonchev–Trinajstić information content (AvgIpc) is 3.04. The lowest BCUT2D eigenvalue weighted by molar-refractivity contribution is -0.138. The maximum Gasteiger partial charge on any atom is 0.325 e. The summed E-state index contributed by atoms with van der Waals surface area (Å²) in [5.41, 5.74) is 0.123. The highest BCUT2D eigenvalue weighted by Gasteiger charge is 2.54. The number of amides is 4. The summed E-state index contributed by atoms with van der Waals surface area (Å²) in [6.45, 7) is 5.88. The van der Waals surface area contributed by atoms with Crippen molar-refractivity contribution in [2.24, 2.45) is 0 Å². The van der Waals surface area contributed by atoms with E-state index in [1.807, 2.05) is 24.3 Å². The first-order chi connectivity index (χ1) is 15.5. The summed E-state index contributed by atoms with van der Waals surface area (Å²) in [5, 5.41) is 3.02. The lowest BCUT2D eigenvalue weighted by Crippen LogP contribution is -2.56. The van der Waals surface area contributed by atoms with Gasteiger partial charge in [-0.15, -0.1) is 0 Å². The first-order valence-electron chi connectivity index (χ1n) is 11.7. The van der Waals surface area contributed by atoms with E-state index in [-0.39, 0.29) is 30.3 Å². The Labute approximate surface area is 189 Å². The molecule has 0 aromatic heterocycles. The molecule has 8 nitrogen and oxygen atoms in total. The number of carbonyl (C=O) groups is 3. The number of ether oxygens (including phenoxy) is 1. The lowest BCUT2D eigenvalue weighted by atomic mass is 9.87. The van der Waals surface area contributed by atoms with Crippen LogP contribution in [0.15, 0.2) is 24.3 Å². The maximum atomic E-state index is 13.4. The molecular weight excluding hydrogens is 408 g/mol. The molecule has 1 aromatic carbocycles. The molecule has 3 aliphatic heterocycles. The molecule has 0 radical (unpaired) electrons. The molecule has 1 atom stereocenters. The third-order valence-electron chi connectivity index (χ3n) is 7.05. The standard InChI is InChI=1S/C24H34N4O4/c1-3-11-26-13-9-24(10-14-26)22(30)28(23(31)25-24)19-7-5-12-27(17-19)21(29)16-18-6-4-8-20(15-18)32-2/h4,6,8,15,19H,3,5,7,9-14,16-17H2,1-2H3,(H,25,31). The van der Waals surface area contributed by atoms with Crippen LogP contribution in [0.3, 0.4) is 0 Å². The quantitative estimate of drug-likeness (QED) is 0.682. The second-order valence-electron chi connectivity index (χ2n) is 9.19. The fraction of sp³-hybridized carbons (Fsp3) is 0.625. The minimum Gasteiger partial charge on any atom is -0.497 e. The predicted octanol–water partition coefficient (Wildman–Crippen LogP) is 2.03. The molecule has 4 rings (SSSR count). The molecule has 1 aromatic rings. The Bertz CT molecular complexity index is 865. The van der Waals surface area contributed by atoms with Crippen molar-refractivity contribution in [1.29, 1.82) is 0 Å². The summed E-state index contributed by atoms with van der Waals surface area (Å²) in [4.78, 5) is 44.8. The summed E-state index contributed by atoms with van der Waals surface area (Å²) in [6, 6.07) is 6.94. The second-order valence-corrected chi connectivity index (χ2v) is 9.19. The van der Waals surface area contributed by atoms with Gasteiger partial charge in [0.15, 0.2) is 0 Å². The minimum atomic E-state index is -0.770. The lowest BCUT2D eigenvalue weighted by Gasteiger charge is -2.39. The largest absolute Gasteiger partial charge is 0.497 e. The van der Waals surface area contributed by atoms with Crippen molar-refractivity contribution in [3.8, 4) is 5.75 Å². The van der Waals surface area contributed by atoms with E-state index in [4.69, 9.17) is 4.74 Å². The van der Waals surface area contributed by atoms with Crippen molar-refractivity contribution >= 4 is 17.8 Å². The van der Waals surface area contributed by atoms with E-state index >= 15 is 0 Å². The van der Waals surface area contributed by atoms with E-state index in [0.29, 0.717) is 25.9 Å². The van der Waals surface area contributed by atoms with Gasteiger partial charge in [0, 0.05) is 26.2 Å². The number of nitrogens with zero attached hydrogens (tertiary/aromatic N) is 3. The van der Waals surface area contributed by atoms with Crippen LogP contribution in [0.2, 0.25) is 0 Å². The minimum absolute atomic E-state index is 0.0117. The number of imide groups is 1. The number of methoxy groups -OCH3 is 1. The summed E-state index contributed by atoms with van der Waals surface area (Å²) >= 11 is 0. The molecule has 1 N–H and O–H groups in total. The van der Waals surface area contributed by atoms with Gasteiger partial charge >= 0.3 is 6.03 Å². The van der Waals surface area contributed by atoms with Gasteiger partial charge < -0.3 is 19.9 Å². The van der Waals surface area contributed by atoms with Crippen LogP contribution < -0.4 is 10.1 Å². The van der Waals surface area contributed by atoms with Gasteiger partial charge in [-0.2, -0.15) is 0 Å². The summed E-state index contributed by atoms with van der Waals surface area (Å²) in [5.74, 6) is 0.629. The van der Waals surface area contributed by atoms with Gasteiger partial charge in [-0.3, -0.25) is 14.5 Å². The van der Waals surface area contributed by atoms with Crippen LogP contribution in [-0.4, -0.2) is 84.0 Å². The first kappa shape index (κ1) is 22.6. The number of carbonyl (C=O) groups excluding carboxylic acids is 3. The van der Waals surface area contributed by atoms with Crippen LogP contribution >= 0.6 is 0 Å². The molecule has 3 heterocycles. The zero-order valence-electron chi connectivity index (χ0n) is 19.1. The summed E-state index contributed by atoms with van der Waals surface area (Å²) in [7, 11) is 1.61. The number of piperidine rings is 2. The number of hydrogen-bond acceptors (Lipinski definition) is 5. The topological polar surface area (TPSA) is 82.2 Å². The fourth-order valence-corrected chi connectivity index (χ4v) is 5.25. The first-order valence-corrected chi connectivity index (χ1v) is 11.7. The van der Waals surface area contributed by atoms with Gasteiger partial charge in [0.2, 0.25) is 5.91 Å². The van der Waals surface area contributed by atoms with Gasteiger partial charge in [0.05, 0.1) is 19.6 Å². The van der Waals surface area contributed by atoms with Crippen LogP contribution in [0.4, 0.5) is 4.79 Å². The Morgan fingerprint density at radius 1 is 1.22 bits per heavy atom. The van der Waals surface area contributed by atoms with E-state index in [1.165, 1.54) is 4.90 Å². The SMILES string of the molecule is CCCN1CCC2(CC1)NC(=O)N(C1CCCN(C(=O)Cc3cccc(OC)c3)C1)C2=O. The van der Waals surface area contributed by atoms with Gasteiger partial charge in [-0.05, 0) is 56.3 Å². The van der Waals surface area contributed by atoms with Crippen LogP contribution in [0.25, 0.3) is 0 Å². The molecule has 3 aliphatic rings. The normalized spacial score (nSPS) is 23.5. The van der Waals surface area contributed by atoms with E-state index < -0.39 is 5.54 Å². The van der Waals surface area contributed by atoms with Crippen molar-refractivity contribution in [2.75, 3.05) is 39.8 Å². The van der Waals surface area contributed by atoms with E-state index in [9.17, 15) is 14.4 Å². The van der Waals surface area contributed by atoms with Gasteiger partial charge in [-0.25, -0.2) is 4.79 Å². The van der Waals surface area contributed by atoms with E-state index in [1.54, 1.807) is 12.0 Å². The van der Waals surface area contributed by atoms with Crippen molar-refractivity contribution in [3.05, 3.63) is 29.8 Å². The number of nitrogens with one attached hydrogen (secondary N) is 1.